The van der Waals surface area contributed by atoms with Crippen LogP contribution in [0.3, 0.4) is 0 Å². The summed E-state index contributed by atoms with van der Waals surface area (Å²) in [7, 11) is 1.82. The van der Waals surface area contributed by atoms with Gasteiger partial charge in [-0.2, -0.15) is 0 Å². The number of fused-ring (bicyclic) bond motifs is 1. The van der Waals surface area contributed by atoms with Crippen molar-refractivity contribution in [1.82, 2.24) is 5.32 Å². The number of rotatable bonds is 3. The van der Waals surface area contributed by atoms with Gasteiger partial charge in [-0.05, 0) is 31.2 Å². The van der Waals surface area contributed by atoms with Gasteiger partial charge in [0.15, 0.2) is 0 Å². The van der Waals surface area contributed by atoms with E-state index >= 15 is 0 Å². The molecule has 0 spiro atoms. The van der Waals surface area contributed by atoms with Gasteiger partial charge in [-0.15, -0.1) is 11.8 Å². The summed E-state index contributed by atoms with van der Waals surface area (Å²) < 4.78 is 27.0. The molecule has 0 saturated carbocycles. The number of thioether (sulfide) groups is 1. The molecule has 0 bridgehead atoms. The van der Waals surface area contributed by atoms with Crippen LogP contribution in [0.25, 0.3) is 0 Å². The molecule has 2 aromatic carbocycles. The number of hydrogen-bond acceptors (Lipinski definition) is 2. The van der Waals surface area contributed by atoms with Crippen molar-refractivity contribution >= 4 is 11.8 Å². The second-order valence-electron chi connectivity index (χ2n) is 4.90. The van der Waals surface area contributed by atoms with Crippen molar-refractivity contribution < 1.29 is 8.78 Å². The van der Waals surface area contributed by atoms with Crippen LogP contribution in [0.2, 0.25) is 0 Å². The van der Waals surface area contributed by atoms with Gasteiger partial charge in [0, 0.05) is 27.8 Å². The number of halogens is 2. The Morgan fingerprint density at radius 3 is 2.70 bits per heavy atom. The molecule has 0 saturated heterocycles. The first-order chi connectivity index (χ1) is 9.69. The zero-order valence-corrected chi connectivity index (χ0v) is 11.9. The average Bonchev–Trinajstić information content (AvgIpc) is 2.85. The van der Waals surface area contributed by atoms with Crippen molar-refractivity contribution in [3.63, 3.8) is 0 Å². The lowest BCUT2D eigenvalue weighted by Gasteiger charge is -2.23. The third kappa shape index (κ3) is 2.45. The minimum Gasteiger partial charge on any atom is -0.312 e. The van der Waals surface area contributed by atoms with Gasteiger partial charge in [-0.1, -0.05) is 24.3 Å². The van der Waals surface area contributed by atoms with E-state index in [-0.39, 0.29) is 11.3 Å². The van der Waals surface area contributed by atoms with Crippen LogP contribution in [0.5, 0.6) is 0 Å². The average molecular weight is 291 g/mol. The summed E-state index contributed by atoms with van der Waals surface area (Å²) in [6.45, 7) is 0. The normalized spacial score (nSPS) is 18.9. The highest BCUT2D eigenvalue weighted by Gasteiger charge is 2.30. The lowest BCUT2D eigenvalue weighted by atomic mass is 9.98. The molecule has 2 unspecified atom stereocenters. The van der Waals surface area contributed by atoms with E-state index in [4.69, 9.17) is 0 Å². The molecule has 0 aliphatic carbocycles. The molecule has 0 amide bonds. The Balaban J connectivity index is 1.89. The first kappa shape index (κ1) is 13.6. The molecule has 1 nitrogen and oxygen atoms in total. The SMILES string of the molecule is CNC(c1ccc(F)cc1F)C1Cc2ccccc2S1. The summed E-state index contributed by atoms with van der Waals surface area (Å²) in [6, 6.07) is 11.9. The first-order valence-electron chi connectivity index (χ1n) is 6.56. The van der Waals surface area contributed by atoms with Gasteiger partial charge < -0.3 is 5.32 Å². The molecule has 4 heteroatoms. The maximum absolute atomic E-state index is 14.0. The van der Waals surface area contributed by atoms with Crippen LogP contribution in [0.1, 0.15) is 17.2 Å². The second-order valence-corrected chi connectivity index (χ2v) is 6.18. The highest BCUT2D eigenvalue weighted by atomic mass is 32.2. The molecule has 1 heterocycles. The van der Waals surface area contributed by atoms with E-state index < -0.39 is 11.6 Å². The van der Waals surface area contributed by atoms with Crippen LogP contribution in [0.4, 0.5) is 8.78 Å². The van der Waals surface area contributed by atoms with E-state index in [0.717, 1.165) is 12.5 Å². The summed E-state index contributed by atoms with van der Waals surface area (Å²) >= 11 is 1.75. The monoisotopic (exact) mass is 291 g/mol. The highest BCUT2D eigenvalue weighted by molar-refractivity contribution is 8.00. The van der Waals surface area contributed by atoms with Crippen LogP contribution in [0, 0.1) is 11.6 Å². The maximum Gasteiger partial charge on any atom is 0.130 e. The molecular weight excluding hydrogens is 276 g/mol. The summed E-state index contributed by atoms with van der Waals surface area (Å²) in [5.74, 6) is -1.02. The van der Waals surface area contributed by atoms with Crippen molar-refractivity contribution in [2.75, 3.05) is 7.05 Å². The fourth-order valence-corrected chi connectivity index (χ4v) is 4.16. The van der Waals surface area contributed by atoms with Crippen molar-refractivity contribution in [3.05, 3.63) is 65.2 Å². The van der Waals surface area contributed by atoms with E-state index in [1.807, 2.05) is 19.2 Å². The minimum atomic E-state index is -0.538. The predicted octanol–water partition coefficient (Wildman–Crippen LogP) is 3.94. The van der Waals surface area contributed by atoms with Crippen LogP contribution < -0.4 is 5.32 Å². The van der Waals surface area contributed by atoms with E-state index in [2.05, 4.69) is 17.4 Å². The van der Waals surface area contributed by atoms with E-state index in [0.29, 0.717) is 5.56 Å². The molecule has 1 aliphatic heterocycles. The van der Waals surface area contributed by atoms with E-state index in [9.17, 15) is 8.78 Å². The molecule has 1 N–H and O–H groups in total. The van der Waals surface area contributed by atoms with Crippen LogP contribution in [-0.2, 0) is 6.42 Å². The second kappa shape index (κ2) is 5.54. The van der Waals surface area contributed by atoms with Crippen molar-refractivity contribution in [3.8, 4) is 0 Å². The molecule has 3 rings (SSSR count). The van der Waals surface area contributed by atoms with E-state index in [1.165, 1.54) is 22.6 Å². The summed E-state index contributed by atoms with van der Waals surface area (Å²) in [5.41, 5.74) is 1.82. The summed E-state index contributed by atoms with van der Waals surface area (Å²) in [5, 5.41) is 3.39. The zero-order valence-electron chi connectivity index (χ0n) is 11.1. The van der Waals surface area contributed by atoms with Crippen LogP contribution >= 0.6 is 11.8 Å². The van der Waals surface area contributed by atoms with Gasteiger partial charge in [0.05, 0.1) is 0 Å². The number of nitrogens with one attached hydrogen (secondary N) is 1. The lowest BCUT2D eigenvalue weighted by Crippen LogP contribution is -2.28. The lowest BCUT2D eigenvalue weighted by molar-refractivity contribution is 0.511. The number of hydrogen-bond donors (Lipinski definition) is 1. The van der Waals surface area contributed by atoms with Gasteiger partial charge in [0.25, 0.3) is 0 Å². The highest BCUT2D eigenvalue weighted by Crippen LogP contribution is 2.42. The summed E-state index contributed by atoms with van der Waals surface area (Å²) in [6.07, 6.45) is 0.892. The Morgan fingerprint density at radius 1 is 1.20 bits per heavy atom. The molecule has 2 atom stereocenters. The van der Waals surface area contributed by atoms with Gasteiger partial charge in [-0.25, -0.2) is 8.78 Å². The van der Waals surface area contributed by atoms with Gasteiger partial charge in [0.2, 0.25) is 0 Å². The van der Waals surface area contributed by atoms with Crippen molar-refractivity contribution in [2.45, 2.75) is 22.6 Å². The van der Waals surface area contributed by atoms with Crippen LogP contribution in [-0.4, -0.2) is 12.3 Å². The molecule has 104 valence electrons. The van der Waals surface area contributed by atoms with Crippen LogP contribution in [0.15, 0.2) is 47.4 Å². The Hall–Kier alpha value is -1.39. The quantitative estimate of drug-likeness (QED) is 0.919. The molecule has 2 aromatic rings. The fraction of sp³-hybridized carbons (Fsp3) is 0.250. The summed E-state index contributed by atoms with van der Waals surface area (Å²) in [4.78, 5) is 1.25. The van der Waals surface area contributed by atoms with Gasteiger partial charge in [-0.3, -0.25) is 0 Å². The minimum absolute atomic E-state index is 0.131. The molecule has 20 heavy (non-hydrogen) atoms. The third-order valence-electron chi connectivity index (χ3n) is 3.65. The maximum atomic E-state index is 14.0. The molecule has 1 aliphatic rings. The molecule has 0 fully saturated rings. The largest absolute Gasteiger partial charge is 0.312 e. The first-order valence-corrected chi connectivity index (χ1v) is 7.44. The van der Waals surface area contributed by atoms with E-state index in [1.54, 1.807) is 11.8 Å². The smallest absolute Gasteiger partial charge is 0.130 e. The Morgan fingerprint density at radius 2 is 2.00 bits per heavy atom. The van der Waals surface area contributed by atoms with Gasteiger partial charge >= 0.3 is 0 Å². The molecule has 0 radical (unpaired) electrons. The molecular formula is C16H15F2NS. The topological polar surface area (TPSA) is 12.0 Å². The Labute approximate surface area is 121 Å². The van der Waals surface area contributed by atoms with Crippen molar-refractivity contribution in [1.29, 1.82) is 0 Å². The Kier molecular flexibility index (Phi) is 3.76. The number of benzene rings is 2. The predicted molar refractivity (Wildman–Crippen MR) is 77.9 cm³/mol. The zero-order chi connectivity index (χ0) is 14.1. The Bertz CT molecular complexity index is 605. The van der Waals surface area contributed by atoms with Crippen molar-refractivity contribution in [2.24, 2.45) is 0 Å². The van der Waals surface area contributed by atoms with Gasteiger partial charge in [0.1, 0.15) is 11.6 Å². The third-order valence-corrected chi connectivity index (χ3v) is 5.05. The molecule has 0 aromatic heterocycles. The standard InChI is InChI=1S/C16H15F2NS/c1-19-16(12-7-6-11(17)9-13(12)18)15-8-10-4-2-3-5-14(10)20-15/h2-7,9,15-16,19H,8H2,1H3. The fourth-order valence-electron chi connectivity index (χ4n) is 2.69.